The van der Waals surface area contributed by atoms with Crippen molar-refractivity contribution >= 4 is 11.8 Å². The molecule has 3 aromatic rings. The molecule has 2 amide bonds. The van der Waals surface area contributed by atoms with Crippen molar-refractivity contribution < 1.29 is 23.8 Å². The van der Waals surface area contributed by atoms with Crippen LogP contribution < -0.4 is 4.74 Å². The van der Waals surface area contributed by atoms with Gasteiger partial charge in [0.2, 0.25) is 5.88 Å². The standard InChI is InChI=1S/C26H28FN5O4/c1-16-13-32(17(2)15-33)25(34)20-10-18(19-6-4-5-7-21(19)27)11-30-24(20)36-23(16)14-31(3)26(35)22-12-28-8-9-29-22/h4-12,16-17,23,33H,13-15H2,1-3H3/t16-,17+,23+/m1/s1. The number of pyridine rings is 1. The molecule has 3 heterocycles. The lowest BCUT2D eigenvalue weighted by atomic mass is 9.99. The number of ether oxygens (including phenoxy) is 1. The van der Waals surface area contributed by atoms with Crippen molar-refractivity contribution in [3.05, 3.63) is 72.2 Å². The number of halogens is 1. The zero-order valence-corrected chi connectivity index (χ0v) is 20.3. The van der Waals surface area contributed by atoms with Crippen LogP contribution in [0.3, 0.4) is 0 Å². The van der Waals surface area contributed by atoms with Crippen LogP contribution in [0.5, 0.6) is 5.88 Å². The predicted octanol–water partition coefficient (Wildman–Crippen LogP) is 2.67. The highest BCUT2D eigenvalue weighted by Gasteiger charge is 2.35. The summed E-state index contributed by atoms with van der Waals surface area (Å²) in [6.45, 7) is 3.91. The van der Waals surface area contributed by atoms with Crippen LogP contribution >= 0.6 is 0 Å². The van der Waals surface area contributed by atoms with Gasteiger partial charge in [0.05, 0.1) is 25.4 Å². The van der Waals surface area contributed by atoms with E-state index < -0.39 is 18.0 Å². The van der Waals surface area contributed by atoms with Gasteiger partial charge in [0, 0.05) is 49.2 Å². The van der Waals surface area contributed by atoms with Gasteiger partial charge in [-0.05, 0) is 19.1 Å². The monoisotopic (exact) mass is 493 g/mol. The number of likely N-dealkylation sites (N-methyl/N-ethyl adjacent to an activating group) is 1. The summed E-state index contributed by atoms with van der Waals surface area (Å²) in [5.41, 5.74) is 1.11. The summed E-state index contributed by atoms with van der Waals surface area (Å²) >= 11 is 0. The van der Waals surface area contributed by atoms with Gasteiger partial charge in [-0.2, -0.15) is 0 Å². The van der Waals surface area contributed by atoms with Crippen molar-refractivity contribution in [1.82, 2.24) is 24.8 Å². The molecular weight excluding hydrogens is 465 g/mol. The zero-order valence-electron chi connectivity index (χ0n) is 20.3. The van der Waals surface area contributed by atoms with Crippen LogP contribution in [0.15, 0.2) is 55.1 Å². The summed E-state index contributed by atoms with van der Waals surface area (Å²) in [6.07, 6.45) is 5.27. The molecular formula is C26H28FN5O4. The Morgan fingerprint density at radius 1 is 1.25 bits per heavy atom. The Morgan fingerprint density at radius 2 is 2.03 bits per heavy atom. The van der Waals surface area contributed by atoms with Crippen LogP contribution in [0.25, 0.3) is 11.1 Å². The number of benzene rings is 1. The smallest absolute Gasteiger partial charge is 0.273 e. The first-order valence-electron chi connectivity index (χ1n) is 11.6. The summed E-state index contributed by atoms with van der Waals surface area (Å²) < 4.78 is 20.7. The van der Waals surface area contributed by atoms with Gasteiger partial charge in [-0.15, -0.1) is 0 Å². The number of rotatable bonds is 6. The molecule has 1 N–H and O–H groups in total. The fourth-order valence-electron chi connectivity index (χ4n) is 4.12. The second-order valence-electron chi connectivity index (χ2n) is 8.96. The molecule has 9 nitrogen and oxygen atoms in total. The highest BCUT2D eigenvalue weighted by molar-refractivity contribution is 5.98. The molecule has 0 saturated carbocycles. The van der Waals surface area contributed by atoms with Crippen LogP contribution in [0.1, 0.15) is 34.7 Å². The average Bonchev–Trinajstić information content (AvgIpc) is 2.90. The third kappa shape index (κ3) is 5.18. The maximum Gasteiger partial charge on any atom is 0.273 e. The lowest BCUT2D eigenvalue weighted by Crippen LogP contribution is -2.50. The highest BCUT2D eigenvalue weighted by atomic mass is 19.1. The molecule has 0 bridgehead atoms. The molecule has 3 atom stereocenters. The predicted molar refractivity (Wildman–Crippen MR) is 130 cm³/mol. The molecule has 36 heavy (non-hydrogen) atoms. The summed E-state index contributed by atoms with van der Waals surface area (Å²) in [7, 11) is 1.64. The number of aromatic nitrogens is 3. The second-order valence-corrected chi connectivity index (χ2v) is 8.96. The van der Waals surface area contributed by atoms with Crippen molar-refractivity contribution in [2.45, 2.75) is 26.0 Å². The Kier molecular flexibility index (Phi) is 7.54. The van der Waals surface area contributed by atoms with Crippen molar-refractivity contribution in [3.8, 4) is 17.0 Å². The van der Waals surface area contributed by atoms with E-state index in [1.54, 1.807) is 43.1 Å². The highest BCUT2D eigenvalue weighted by Crippen LogP contribution is 2.31. The van der Waals surface area contributed by atoms with Gasteiger partial charge < -0.3 is 19.6 Å². The lowest BCUT2D eigenvalue weighted by molar-refractivity contribution is 0.0312. The molecule has 0 aliphatic carbocycles. The van der Waals surface area contributed by atoms with E-state index in [4.69, 9.17) is 4.74 Å². The fourth-order valence-corrected chi connectivity index (χ4v) is 4.12. The average molecular weight is 494 g/mol. The van der Waals surface area contributed by atoms with Crippen LogP contribution in [-0.4, -0.2) is 80.6 Å². The SMILES string of the molecule is C[C@@H]1CN([C@@H](C)CO)C(=O)c2cc(-c3ccccc3F)cnc2O[C@H]1CN(C)C(=O)c1cnccn1. The minimum atomic E-state index is -0.525. The molecule has 2 aromatic heterocycles. The molecule has 0 unspecified atom stereocenters. The Labute approximate surface area is 208 Å². The van der Waals surface area contributed by atoms with Crippen molar-refractivity contribution in [1.29, 1.82) is 0 Å². The number of aliphatic hydroxyl groups is 1. The van der Waals surface area contributed by atoms with Crippen LogP contribution in [-0.2, 0) is 0 Å². The van der Waals surface area contributed by atoms with Crippen LogP contribution in [0, 0.1) is 11.7 Å². The molecule has 0 spiro atoms. The third-order valence-electron chi connectivity index (χ3n) is 6.29. The second kappa shape index (κ2) is 10.8. The van der Waals surface area contributed by atoms with Gasteiger partial charge in [-0.1, -0.05) is 25.1 Å². The molecule has 1 aromatic carbocycles. The topological polar surface area (TPSA) is 109 Å². The van der Waals surface area contributed by atoms with Crippen LogP contribution in [0.4, 0.5) is 4.39 Å². The van der Waals surface area contributed by atoms with E-state index in [-0.39, 0.29) is 54.6 Å². The number of fused-ring (bicyclic) bond motifs is 1. The van der Waals surface area contributed by atoms with E-state index in [1.807, 2.05) is 6.92 Å². The Bertz CT molecular complexity index is 1240. The van der Waals surface area contributed by atoms with E-state index in [0.717, 1.165) is 0 Å². The molecule has 0 fully saturated rings. The molecule has 10 heteroatoms. The Morgan fingerprint density at radius 3 is 2.72 bits per heavy atom. The van der Waals surface area contributed by atoms with E-state index in [1.165, 1.54) is 35.8 Å². The number of carbonyl (C=O) groups is 2. The van der Waals surface area contributed by atoms with Crippen molar-refractivity contribution in [2.24, 2.45) is 5.92 Å². The summed E-state index contributed by atoms with van der Waals surface area (Å²) in [4.78, 5) is 41.8. The first kappa shape index (κ1) is 25.2. The Hall–Kier alpha value is -3.92. The number of hydrogen-bond donors (Lipinski definition) is 1. The quantitative estimate of drug-likeness (QED) is 0.562. The first-order chi connectivity index (χ1) is 17.3. The van der Waals surface area contributed by atoms with E-state index >= 15 is 0 Å². The number of hydrogen-bond acceptors (Lipinski definition) is 7. The summed E-state index contributed by atoms with van der Waals surface area (Å²) in [6, 6.07) is 7.33. The maximum absolute atomic E-state index is 14.4. The van der Waals surface area contributed by atoms with Gasteiger partial charge in [-0.25, -0.2) is 14.4 Å². The van der Waals surface area contributed by atoms with Crippen molar-refractivity contribution in [2.75, 3.05) is 26.7 Å². The number of carbonyl (C=O) groups excluding carboxylic acids is 2. The summed E-state index contributed by atoms with van der Waals surface area (Å²) in [5.74, 6) is -1.24. The maximum atomic E-state index is 14.4. The lowest BCUT2D eigenvalue weighted by Gasteiger charge is -2.37. The fraction of sp³-hybridized carbons (Fsp3) is 0.346. The molecule has 0 radical (unpaired) electrons. The van der Waals surface area contributed by atoms with E-state index in [9.17, 15) is 19.1 Å². The van der Waals surface area contributed by atoms with Gasteiger partial charge in [0.25, 0.3) is 11.8 Å². The number of aliphatic hydroxyl groups excluding tert-OH is 1. The molecule has 4 rings (SSSR count). The number of nitrogens with zero attached hydrogens (tertiary/aromatic N) is 5. The molecule has 1 aliphatic rings. The molecule has 188 valence electrons. The summed E-state index contributed by atoms with van der Waals surface area (Å²) in [5, 5.41) is 9.82. The normalized spacial score (nSPS) is 18.5. The Balaban J connectivity index is 1.70. The molecule has 1 aliphatic heterocycles. The van der Waals surface area contributed by atoms with Gasteiger partial charge in [-0.3, -0.25) is 14.6 Å². The minimum Gasteiger partial charge on any atom is -0.472 e. The molecule has 0 saturated heterocycles. The van der Waals surface area contributed by atoms with Gasteiger partial charge in [0.15, 0.2) is 0 Å². The first-order valence-corrected chi connectivity index (χ1v) is 11.6. The van der Waals surface area contributed by atoms with Crippen LogP contribution in [0.2, 0.25) is 0 Å². The van der Waals surface area contributed by atoms with Gasteiger partial charge >= 0.3 is 0 Å². The zero-order chi connectivity index (χ0) is 25.8. The van der Waals surface area contributed by atoms with Gasteiger partial charge in [0.1, 0.15) is 23.2 Å². The largest absolute Gasteiger partial charge is 0.472 e. The number of amides is 2. The minimum absolute atomic E-state index is 0.0899. The van der Waals surface area contributed by atoms with E-state index in [2.05, 4.69) is 15.0 Å². The van der Waals surface area contributed by atoms with Crippen molar-refractivity contribution in [3.63, 3.8) is 0 Å². The third-order valence-corrected chi connectivity index (χ3v) is 6.29. The van der Waals surface area contributed by atoms with E-state index in [0.29, 0.717) is 11.1 Å².